The summed E-state index contributed by atoms with van der Waals surface area (Å²) in [5, 5.41) is 10.5. The van der Waals surface area contributed by atoms with Crippen molar-refractivity contribution in [2.75, 3.05) is 19.8 Å². The number of hydrogen-bond acceptors (Lipinski definition) is 6. The Morgan fingerprint density at radius 2 is 2.32 bits per heavy atom. The van der Waals surface area contributed by atoms with Crippen LogP contribution in [0.1, 0.15) is 10.4 Å². The van der Waals surface area contributed by atoms with Gasteiger partial charge in [0.05, 0.1) is 5.39 Å². The van der Waals surface area contributed by atoms with E-state index in [1.807, 2.05) is 10.7 Å². The SMILES string of the molecule is CSc1nc2sc3c(c2c2nncn12)CCN(C)C3. The fourth-order valence-corrected chi connectivity index (χ4v) is 4.52. The van der Waals surface area contributed by atoms with Gasteiger partial charge >= 0.3 is 0 Å². The molecular weight excluding hydrogens is 278 g/mol. The highest BCUT2D eigenvalue weighted by atomic mass is 32.2. The summed E-state index contributed by atoms with van der Waals surface area (Å²) in [5.41, 5.74) is 2.38. The van der Waals surface area contributed by atoms with E-state index in [0.717, 1.165) is 35.1 Å². The number of aromatic nitrogens is 4. The van der Waals surface area contributed by atoms with Gasteiger partial charge in [0, 0.05) is 18.0 Å². The Labute approximate surface area is 118 Å². The summed E-state index contributed by atoms with van der Waals surface area (Å²) >= 11 is 3.44. The van der Waals surface area contributed by atoms with E-state index in [9.17, 15) is 0 Å². The molecule has 0 spiro atoms. The van der Waals surface area contributed by atoms with E-state index in [2.05, 4.69) is 22.1 Å². The van der Waals surface area contributed by atoms with E-state index in [4.69, 9.17) is 4.98 Å². The number of thioether (sulfide) groups is 1. The van der Waals surface area contributed by atoms with Crippen LogP contribution in [0, 0.1) is 0 Å². The number of hydrogen-bond donors (Lipinski definition) is 0. The first-order valence-electron chi connectivity index (χ1n) is 6.14. The zero-order valence-corrected chi connectivity index (χ0v) is 12.4. The van der Waals surface area contributed by atoms with Gasteiger partial charge in [-0.05, 0) is 25.3 Å². The van der Waals surface area contributed by atoms with Crippen molar-refractivity contribution in [2.24, 2.45) is 0 Å². The molecule has 4 rings (SSSR count). The number of nitrogens with zero attached hydrogens (tertiary/aromatic N) is 5. The van der Waals surface area contributed by atoms with Gasteiger partial charge in [-0.2, -0.15) is 0 Å². The van der Waals surface area contributed by atoms with Gasteiger partial charge in [0.1, 0.15) is 11.2 Å². The van der Waals surface area contributed by atoms with Crippen molar-refractivity contribution in [1.82, 2.24) is 24.5 Å². The Morgan fingerprint density at radius 1 is 1.42 bits per heavy atom. The molecule has 1 aliphatic heterocycles. The van der Waals surface area contributed by atoms with Crippen LogP contribution < -0.4 is 0 Å². The first kappa shape index (κ1) is 11.6. The minimum atomic E-state index is 0.955. The summed E-state index contributed by atoms with van der Waals surface area (Å²) in [6, 6.07) is 0. The molecule has 0 aliphatic carbocycles. The summed E-state index contributed by atoms with van der Waals surface area (Å²) in [6.07, 6.45) is 4.87. The minimum Gasteiger partial charge on any atom is -0.301 e. The lowest BCUT2D eigenvalue weighted by Gasteiger charge is -2.21. The smallest absolute Gasteiger partial charge is 0.176 e. The standard InChI is InChI=1S/C12H13N5S2/c1-16-4-3-7-8(5-16)19-11-9(7)10-15-13-6-17(10)12(14-11)18-2/h6H,3-5H2,1-2H3. The van der Waals surface area contributed by atoms with Gasteiger partial charge in [-0.15, -0.1) is 21.5 Å². The largest absolute Gasteiger partial charge is 0.301 e. The normalized spacial score (nSPS) is 16.3. The van der Waals surface area contributed by atoms with Crippen LogP contribution in [-0.4, -0.2) is 44.3 Å². The molecule has 0 aromatic carbocycles. The predicted octanol–water partition coefficient (Wildman–Crippen LogP) is 2.05. The molecule has 0 fully saturated rings. The summed E-state index contributed by atoms with van der Waals surface area (Å²) in [4.78, 5) is 9.66. The molecule has 0 saturated carbocycles. The van der Waals surface area contributed by atoms with Gasteiger partial charge in [0.15, 0.2) is 10.8 Å². The first-order valence-corrected chi connectivity index (χ1v) is 8.18. The maximum atomic E-state index is 4.77. The highest BCUT2D eigenvalue weighted by Gasteiger charge is 2.23. The highest BCUT2D eigenvalue weighted by Crippen LogP contribution is 2.36. The Morgan fingerprint density at radius 3 is 3.16 bits per heavy atom. The van der Waals surface area contributed by atoms with Crippen molar-refractivity contribution in [3.63, 3.8) is 0 Å². The first-order chi connectivity index (χ1) is 9.28. The number of likely N-dealkylation sites (N-methyl/N-ethyl adjacent to an activating group) is 1. The molecule has 3 aromatic heterocycles. The van der Waals surface area contributed by atoms with Crippen LogP contribution in [0.15, 0.2) is 11.5 Å². The third kappa shape index (κ3) is 1.62. The molecule has 4 heterocycles. The summed E-state index contributed by atoms with van der Waals surface area (Å²) in [5.74, 6) is 0. The van der Waals surface area contributed by atoms with Gasteiger partial charge < -0.3 is 4.90 Å². The van der Waals surface area contributed by atoms with Crippen LogP contribution in [-0.2, 0) is 13.0 Å². The molecule has 0 radical (unpaired) electrons. The molecule has 0 N–H and O–H groups in total. The Bertz CT molecular complexity index is 775. The van der Waals surface area contributed by atoms with Gasteiger partial charge in [-0.1, -0.05) is 11.8 Å². The van der Waals surface area contributed by atoms with Crippen molar-refractivity contribution in [1.29, 1.82) is 0 Å². The molecule has 0 saturated heterocycles. The van der Waals surface area contributed by atoms with Crippen LogP contribution in [0.4, 0.5) is 0 Å². The van der Waals surface area contributed by atoms with Crippen LogP contribution in [0.25, 0.3) is 15.9 Å². The Balaban J connectivity index is 2.11. The van der Waals surface area contributed by atoms with Crippen LogP contribution in [0.3, 0.4) is 0 Å². The molecule has 0 atom stereocenters. The quantitative estimate of drug-likeness (QED) is 0.507. The van der Waals surface area contributed by atoms with E-state index in [-0.39, 0.29) is 0 Å². The number of rotatable bonds is 1. The van der Waals surface area contributed by atoms with Crippen molar-refractivity contribution < 1.29 is 0 Å². The third-order valence-electron chi connectivity index (χ3n) is 3.59. The molecule has 0 unspecified atom stereocenters. The van der Waals surface area contributed by atoms with Crippen molar-refractivity contribution >= 4 is 39.0 Å². The topological polar surface area (TPSA) is 46.3 Å². The molecule has 1 aliphatic rings. The molecule has 0 amide bonds. The molecular formula is C12H13N5S2. The summed E-state index contributed by atoms with van der Waals surface area (Å²) in [6.45, 7) is 2.12. The fourth-order valence-electron chi connectivity index (χ4n) is 2.66. The fraction of sp³-hybridized carbons (Fsp3) is 0.417. The van der Waals surface area contributed by atoms with Crippen LogP contribution in [0.2, 0.25) is 0 Å². The molecule has 19 heavy (non-hydrogen) atoms. The molecule has 5 nitrogen and oxygen atoms in total. The second kappa shape index (κ2) is 4.16. The maximum Gasteiger partial charge on any atom is 0.176 e. The lowest BCUT2D eigenvalue weighted by Crippen LogP contribution is -2.25. The summed E-state index contributed by atoms with van der Waals surface area (Å²) < 4.78 is 2.00. The maximum absolute atomic E-state index is 4.77. The van der Waals surface area contributed by atoms with Crippen LogP contribution >= 0.6 is 23.1 Å². The average Bonchev–Trinajstić information content (AvgIpc) is 2.99. The number of thiophene rings is 1. The molecule has 98 valence electrons. The molecule has 3 aromatic rings. The zero-order chi connectivity index (χ0) is 13.0. The lowest BCUT2D eigenvalue weighted by atomic mass is 10.1. The average molecular weight is 291 g/mol. The molecule has 7 heteroatoms. The zero-order valence-electron chi connectivity index (χ0n) is 10.8. The van der Waals surface area contributed by atoms with E-state index >= 15 is 0 Å². The second-order valence-electron chi connectivity index (χ2n) is 4.79. The van der Waals surface area contributed by atoms with E-state index in [1.54, 1.807) is 29.4 Å². The van der Waals surface area contributed by atoms with E-state index < -0.39 is 0 Å². The summed E-state index contributed by atoms with van der Waals surface area (Å²) in [7, 11) is 2.17. The molecule has 0 bridgehead atoms. The second-order valence-corrected chi connectivity index (χ2v) is 6.65. The van der Waals surface area contributed by atoms with Gasteiger partial charge in [-0.3, -0.25) is 4.40 Å². The van der Waals surface area contributed by atoms with Crippen molar-refractivity contribution in [3.05, 3.63) is 16.8 Å². The lowest BCUT2D eigenvalue weighted by molar-refractivity contribution is 0.318. The van der Waals surface area contributed by atoms with Gasteiger partial charge in [0.25, 0.3) is 0 Å². The van der Waals surface area contributed by atoms with E-state index in [0.29, 0.717) is 0 Å². The van der Waals surface area contributed by atoms with Crippen molar-refractivity contribution in [2.45, 2.75) is 18.1 Å². The van der Waals surface area contributed by atoms with Crippen LogP contribution in [0.5, 0.6) is 0 Å². The Kier molecular flexibility index (Phi) is 2.54. The third-order valence-corrected chi connectivity index (χ3v) is 5.35. The minimum absolute atomic E-state index is 0.955. The highest BCUT2D eigenvalue weighted by molar-refractivity contribution is 7.98. The van der Waals surface area contributed by atoms with E-state index in [1.165, 1.54) is 15.8 Å². The van der Waals surface area contributed by atoms with Crippen molar-refractivity contribution in [3.8, 4) is 0 Å². The predicted molar refractivity (Wildman–Crippen MR) is 78.0 cm³/mol. The monoisotopic (exact) mass is 291 g/mol. The number of fused-ring (bicyclic) bond motifs is 5. The Hall–Kier alpha value is -1.18. The van der Waals surface area contributed by atoms with Gasteiger partial charge in [0.2, 0.25) is 0 Å². The van der Waals surface area contributed by atoms with Gasteiger partial charge in [-0.25, -0.2) is 4.98 Å².